The first-order valence-corrected chi connectivity index (χ1v) is 10.5. The van der Waals surface area contributed by atoms with Crippen LogP contribution in [0.5, 0.6) is 0 Å². The molecule has 3 aromatic rings. The lowest BCUT2D eigenvalue weighted by Crippen LogP contribution is -2.36. The van der Waals surface area contributed by atoms with Crippen LogP contribution in [0.4, 0.5) is 0 Å². The van der Waals surface area contributed by atoms with Crippen LogP contribution in [-0.2, 0) is 20.9 Å². The standard InChI is InChI=1S/C20H17Cl2N3O4S/c1-28-18(27)11-25(10-13-2-6-15(21)7-3-13)17(26)12-30-20-24-23-19(29-20)14-4-8-16(22)9-5-14/h2-9H,10-12H2,1H3. The fourth-order valence-corrected chi connectivity index (χ4v) is 3.37. The Balaban J connectivity index is 1.64. The van der Waals surface area contributed by atoms with Gasteiger partial charge < -0.3 is 14.1 Å². The van der Waals surface area contributed by atoms with Gasteiger partial charge in [0, 0.05) is 22.2 Å². The first-order valence-electron chi connectivity index (χ1n) is 8.76. The Bertz CT molecular complexity index is 1010. The van der Waals surface area contributed by atoms with Crippen molar-refractivity contribution in [3.63, 3.8) is 0 Å². The number of aromatic nitrogens is 2. The third kappa shape index (κ3) is 6.22. The highest BCUT2D eigenvalue weighted by molar-refractivity contribution is 7.99. The summed E-state index contributed by atoms with van der Waals surface area (Å²) in [5.74, 6) is -0.432. The van der Waals surface area contributed by atoms with Gasteiger partial charge in [0.25, 0.3) is 5.22 Å². The molecular formula is C20H17Cl2N3O4S. The van der Waals surface area contributed by atoms with Gasteiger partial charge in [0.05, 0.1) is 12.9 Å². The number of halogens is 2. The molecule has 0 bridgehead atoms. The average Bonchev–Trinajstić information content (AvgIpc) is 3.22. The van der Waals surface area contributed by atoms with Crippen molar-refractivity contribution in [1.82, 2.24) is 15.1 Å². The third-order valence-corrected chi connectivity index (χ3v) is 5.31. The second kappa shape index (κ2) is 10.5. The summed E-state index contributed by atoms with van der Waals surface area (Å²) in [4.78, 5) is 25.9. The highest BCUT2D eigenvalue weighted by Crippen LogP contribution is 2.24. The van der Waals surface area contributed by atoms with E-state index < -0.39 is 5.97 Å². The van der Waals surface area contributed by atoms with Crippen LogP contribution >= 0.6 is 35.0 Å². The summed E-state index contributed by atoms with van der Waals surface area (Å²) in [6.07, 6.45) is 0. The maximum absolute atomic E-state index is 12.7. The summed E-state index contributed by atoms with van der Waals surface area (Å²) in [7, 11) is 1.28. The van der Waals surface area contributed by atoms with Gasteiger partial charge in [-0.25, -0.2) is 0 Å². The Morgan fingerprint density at radius 1 is 1.03 bits per heavy atom. The van der Waals surface area contributed by atoms with E-state index >= 15 is 0 Å². The van der Waals surface area contributed by atoms with E-state index in [4.69, 9.17) is 32.4 Å². The fraction of sp³-hybridized carbons (Fsp3) is 0.200. The predicted octanol–water partition coefficient (Wildman–Crippen LogP) is 4.34. The molecule has 0 aliphatic heterocycles. The van der Waals surface area contributed by atoms with Gasteiger partial charge in [0.2, 0.25) is 11.8 Å². The molecule has 1 heterocycles. The van der Waals surface area contributed by atoms with Gasteiger partial charge in [-0.3, -0.25) is 9.59 Å². The number of benzene rings is 2. The van der Waals surface area contributed by atoms with Gasteiger partial charge in [-0.15, -0.1) is 10.2 Å². The van der Waals surface area contributed by atoms with E-state index in [9.17, 15) is 9.59 Å². The first kappa shape index (κ1) is 22.1. The van der Waals surface area contributed by atoms with E-state index in [1.54, 1.807) is 48.5 Å². The minimum absolute atomic E-state index is 0.0207. The van der Waals surface area contributed by atoms with Gasteiger partial charge in [-0.2, -0.15) is 0 Å². The summed E-state index contributed by atoms with van der Waals surface area (Å²) < 4.78 is 10.3. The molecule has 0 aliphatic rings. The maximum atomic E-state index is 12.7. The van der Waals surface area contributed by atoms with Crippen LogP contribution in [0.25, 0.3) is 11.5 Å². The molecule has 156 valence electrons. The van der Waals surface area contributed by atoms with Crippen LogP contribution in [-0.4, -0.2) is 46.4 Å². The second-order valence-electron chi connectivity index (χ2n) is 6.12. The lowest BCUT2D eigenvalue weighted by atomic mass is 10.2. The maximum Gasteiger partial charge on any atom is 0.325 e. The topological polar surface area (TPSA) is 85.5 Å². The van der Waals surface area contributed by atoms with Gasteiger partial charge in [-0.05, 0) is 42.0 Å². The zero-order chi connectivity index (χ0) is 21.5. The van der Waals surface area contributed by atoms with Crippen molar-refractivity contribution in [3.05, 3.63) is 64.1 Å². The van der Waals surface area contributed by atoms with Crippen molar-refractivity contribution in [2.45, 2.75) is 11.8 Å². The molecule has 3 rings (SSSR count). The van der Waals surface area contributed by atoms with Crippen LogP contribution < -0.4 is 0 Å². The molecule has 1 amide bonds. The van der Waals surface area contributed by atoms with E-state index in [1.165, 1.54) is 12.0 Å². The zero-order valence-corrected chi connectivity index (χ0v) is 18.2. The number of carbonyl (C=O) groups is 2. The molecule has 0 unspecified atom stereocenters. The number of thioether (sulfide) groups is 1. The van der Waals surface area contributed by atoms with Crippen LogP contribution in [0.2, 0.25) is 10.0 Å². The second-order valence-corrected chi connectivity index (χ2v) is 7.92. The largest absolute Gasteiger partial charge is 0.468 e. The van der Waals surface area contributed by atoms with Crippen LogP contribution in [0.1, 0.15) is 5.56 Å². The monoisotopic (exact) mass is 465 g/mol. The molecule has 0 N–H and O–H groups in total. The van der Waals surface area contributed by atoms with Gasteiger partial charge in [0.1, 0.15) is 6.54 Å². The number of esters is 1. The first-order chi connectivity index (χ1) is 14.4. The molecule has 0 spiro atoms. The molecule has 10 heteroatoms. The Kier molecular flexibility index (Phi) is 7.73. The Hall–Kier alpha value is -2.55. The SMILES string of the molecule is COC(=O)CN(Cc1ccc(Cl)cc1)C(=O)CSc1nnc(-c2ccc(Cl)cc2)o1. The van der Waals surface area contributed by atoms with Crippen LogP contribution in [0.3, 0.4) is 0 Å². The van der Waals surface area contributed by atoms with Gasteiger partial charge in [0.15, 0.2) is 0 Å². The molecule has 7 nitrogen and oxygen atoms in total. The number of hydrogen-bond acceptors (Lipinski definition) is 7. The minimum Gasteiger partial charge on any atom is -0.468 e. The van der Waals surface area contributed by atoms with Gasteiger partial charge >= 0.3 is 5.97 Å². The van der Waals surface area contributed by atoms with E-state index in [2.05, 4.69) is 10.2 Å². The van der Waals surface area contributed by atoms with Crippen LogP contribution in [0, 0.1) is 0 Å². The number of ether oxygens (including phenoxy) is 1. The summed E-state index contributed by atoms with van der Waals surface area (Å²) in [6.45, 7) is 0.0733. The molecule has 0 saturated carbocycles. The number of methoxy groups -OCH3 is 1. The number of rotatable bonds is 8. The highest BCUT2D eigenvalue weighted by atomic mass is 35.5. The number of nitrogens with zero attached hydrogens (tertiary/aromatic N) is 3. The molecule has 30 heavy (non-hydrogen) atoms. The number of hydrogen-bond donors (Lipinski definition) is 0. The van der Waals surface area contributed by atoms with Crippen molar-refractivity contribution in [3.8, 4) is 11.5 Å². The Morgan fingerprint density at radius 3 is 2.30 bits per heavy atom. The lowest BCUT2D eigenvalue weighted by molar-refractivity contribution is -0.146. The number of carbonyl (C=O) groups excluding carboxylic acids is 2. The Labute approximate surface area is 187 Å². The predicted molar refractivity (Wildman–Crippen MR) is 114 cm³/mol. The number of amides is 1. The van der Waals surface area contributed by atoms with E-state index in [0.717, 1.165) is 22.9 Å². The summed E-state index contributed by atoms with van der Waals surface area (Å²) in [6, 6.07) is 14.0. The van der Waals surface area contributed by atoms with E-state index in [-0.39, 0.29) is 30.0 Å². The molecule has 0 fully saturated rings. The normalized spacial score (nSPS) is 10.6. The molecule has 1 aromatic heterocycles. The summed E-state index contributed by atoms with van der Waals surface area (Å²) in [5.41, 5.74) is 1.56. The van der Waals surface area contributed by atoms with E-state index in [1.807, 2.05) is 0 Å². The molecule has 0 radical (unpaired) electrons. The van der Waals surface area contributed by atoms with Crippen molar-refractivity contribution in [1.29, 1.82) is 0 Å². The van der Waals surface area contributed by atoms with Crippen molar-refractivity contribution >= 4 is 46.8 Å². The quantitative estimate of drug-likeness (QED) is 0.361. The summed E-state index contributed by atoms with van der Waals surface area (Å²) in [5, 5.41) is 9.38. The molecule has 0 saturated heterocycles. The third-order valence-electron chi connectivity index (χ3n) is 4.00. The molecule has 2 aromatic carbocycles. The minimum atomic E-state index is -0.509. The van der Waals surface area contributed by atoms with Crippen molar-refractivity contribution < 1.29 is 18.7 Å². The zero-order valence-electron chi connectivity index (χ0n) is 15.9. The molecule has 0 aliphatic carbocycles. The Morgan fingerprint density at radius 2 is 1.67 bits per heavy atom. The van der Waals surface area contributed by atoms with Crippen molar-refractivity contribution in [2.24, 2.45) is 0 Å². The fourth-order valence-electron chi connectivity index (χ4n) is 2.45. The molecular weight excluding hydrogens is 449 g/mol. The smallest absolute Gasteiger partial charge is 0.325 e. The lowest BCUT2D eigenvalue weighted by Gasteiger charge is -2.21. The summed E-state index contributed by atoms with van der Waals surface area (Å²) >= 11 is 12.9. The van der Waals surface area contributed by atoms with Crippen molar-refractivity contribution in [2.75, 3.05) is 19.4 Å². The van der Waals surface area contributed by atoms with E-state index in [0.29, 0.717) is 15.9 Å². The molecule has 0 atom stereocenters. The average molecular weight is 466 g/mol. The highest BCUT2D eigenvalue weighted by Gasteiger charge is 2.20. The van der Waals surface area contributed by atoms with Gasteiger partial charge in [-0.1, -0.05) is 47.1 Å². The van der Waals surface area contributed by atoms with Crippen LogP contribution in [0.15, 0.2) is 58.2 Å².